The van der Waals surface area contributed by atoms with Crippen LogP contribution in [0.25, 0.3) is 0 Å². The number of urea groups is 1. The molecule has 0 unspecified atom stereocenters. The fraction of sp³-hybridized carbons (Fsp3) is 0.125. The van der Waals surface area contributed by atoms with Crippen molar-refractivity contribution < 1.29 is 4.79 Å². The predicted molar refractivity (Wildman–Crippen MR) is 41.1 cm³/mol. The Morgan fingerprint density at radius 2 is 2.45 bits per heavy atom. The minimum absolute atomic E-state index is 0.142. The molecule has 1 heterocycles. The lowest BCUT2D eigenvalue weighted by Gasteiger charge is -2.16. The van der Waals surface area contributed by atoms with Gasteiger partial charge in [-0.05, 0) is 17.7 Å². The Morgan fingerprint density at radius 1 is 1.55 bits per heavy atom. The number of carbonyl (C=O) groups excluding carboxylic acids is 1. The molecule has 0 saturated heterocycles. The van der Waals surface area contributed by atoms with Crippen molar-refractivity contribution in [3.63, 3.8) is 0 Å². The van der Waals surface area contributed by atoms with Crippen LogP contribution in [0, 0.1) is 6.07 Å². The zero-order valence-electron chi connectivity index (χ0n) is 5.85. The summed E-state index contributed by atoms with van der Waals surface area (Å²) in [5.74, 6) is 0. The molecule has 0 spiro atoms. The molecule has 0 bridgehead atoms. The molecule has 1 aliphatic heterocycles. The maximum atomic E-state index is 10.8. The molecule has 2 N–H and O–H groups in total. The number of fused-ring (bicyclic) bond motifs is 1. The Balaban J connectivity index is 2.41. The summed E-state index contributed by atoms with van der Waals surface area (Å²) in [5, 5.41) is 5.35. The van der Waals surface area contributed by atoms with Crippen LogP contribution in [0.1, 0.15) is 5.56 Å². The maximum absolute atomic E-state index is 10.8. The van der Waals surface area contributed by atoms with Crippen LogP contribution >= 0.6 is 0 Å². The fourth-order valence-corrected chi connectivity index (χ4v) is 1.08. The van der Waals surface area contributed by atoms with Gasteiger partial charge in [0.05, 0.1) is 0 Å². The van der Waals surface area contributed by atoms with E-state index < -0.39 is 0 Å². The van der Waals surface area contributed by atoms with Crippen LogP contribution in [0.2, 0.25) is 0 Å². The van der Waals surface area contributed by atoms with E-state index in [0.717, 1.165) is 11.3 Å². The van der Waals surface area contributed by atoms with Gasteiger partial charge in [0.15, 0.2) is 0 Å². The molecule has 11 heavy (non-hydrogen) atoms. The van der Waals surface area contributed by atoms with Crippen molar-refractivity contribution in [2.75, 3.05) is 5.32 Å². The van der Waals surface area contributed by atoms with Gasteiger partial charge in [0.2, 0.25) is 0 Å². The summed E-state index contributed by atoms with van der Waals surface area (Å²) in [6.45, 7) is 0.607. The molecule has 1 aromatic carbocycles. The van der Waals surface area contributed by atoms with Crippen LogP contribution in [0.3, 0.4) is 0 Å². The van der Waals surface area contributed by atoms with Gasteiger partial charge < -0.3 is 10.6 Å². The van der Waals surface area contributed by atoms with Crippen molar-refractivity contribution in [3.8, 4) is 0 Å². The number of anilines is 1. The predicted octanol–water partition coefficient (Wildman–Crippen LogP) is 1.12. The summed E-state index contributed by atoms with van der Waals surface area (Å²) in [4.78, 5) is 10.8. The van der Waals surface area contributed by atoms with E-state index in [-0.39, 0.29) is 6.03 Å². The molecular weight excluding hydrogens is 140 g/mol. The molecule has 2 rings (SSSR count). The van der Waals surface area contributed by atoms with Crippen LogP contribution in [0.15, 0.2) is 18.2 Å². The van der Waals surface area contributed by atoms with Crippen LogP contribution < -0.4 is 10.6 Å². The third kappa shape index (κ3) is 1.05. The van der Waals surface area contributed by atoms with E-state index in [1.807, 2.05) is 12.1 Å². The van der Waals surface area contributed by atoms with E-state index in [1.54, 1.807) is 6.07 Å². The second kappa shape index (κ2) is 2.27. The second-order valence-corrected chi connectivity index (χ2v) is 2.39. The molecule has 0 aliphatic carbocycles. The topological polar surface area (TPSA) is 41.1 Å². The fourth-order valence-electron chi connectivity index (χ4n) is 1.08. The lowest BCUT2D eigenvalue weighted by Crippen LogP contribution is -2.33. The third-order valence-electron chi connectivity index (χ3n) is 1.64. The summed E-state index contributed by atoms with van der Waals surface area (Å²) in [6.07, 6.45) is 0. The quantitative estimate of drug-likeness (QED) is 0.567. The molecular formula is C8H7N2O. The first-order valence-electron chi connectivity index (χ1n) is 3.40. The van der Waals surface area contributed by atoms with Gasteiger partial charge in [0, 0.05) is 12.2 Å². The molecule has 3 nitrogen and oxygen atoms in total. The summed E-state index contributed by atoms with van der Waals surface area (Å²) < 4.78 is 0. The Hall–Kier alpha value is -1.51. The Labute approximate surface area is 64.4 Å². The molecule has 0 saturated carbocycles. The summed E-state index contributed by atoms with van der Waals surface area (Å²) >= 11 is 0. The van der Waals surface area contributed by atoms with Gasteiger partial charge in [-0.15, -0.1) is 0 Å². The Morgan fingerprint density at radius 3 is 3.36 bits per heavy atom. The summed E-state index contributed by atoms with van der Waals surface area (Å²) in [6, 6.07) is 8.29. The number of hydrogen-bond donors (Lipinski definition) is 2. The smallest absolute Gasteiger partial charge is 0.319 e. The average molecular weight is 147 g/mol. The first kappa shape index (κ1) is 6.22. The van der Waals surface area contributed by atoms with Crippen LogP contribution in [-0.4, -0.2) is 6.03 Å². The lowest BCUT2D eigenvalue weighted by atomic mass is 10.1. The van der Waals surface area contributed by atoms with Crippen molar-refractivity contribution in [3.05, 3.63) is 29.8 Å². The SMILES string of the molecule is O=C1NCc2cc[c]cc2N1. The van der Waals surface area contributed by atoms with Crippen molar-refractivity contribution in [1.82, 2.24) is 5.32 Å². The van der Waals surface area contributed by atoms with E-state index in [4.69, 9.17) is 0 Å². The third-order valence-corrected chi connectivity index (χ3v) is 1.64. The monoisotopic (exact) mass is 147 g/mol. The van der Waals surface area contributed by atoms with Crippen LogP contribution in [0.5, 0.6) is 0 Å². The van der Waals surface area contributed by atoms with Gasteiger partial charge in [-0.3, -0.25) is 0 Å². The highest BCUT2D eigenvalue weighted by molar-refractivity contribution is 5.92. The van der Waals surface area contributed by atoms with Gasteiger partial charge in [0.25, 0.3) is 0 Å². The number of hydrogen-bond acceptors (Lipinski definition) is 1. The summed E-state index contributed by atoms with van der Waals surface area (Å²) in [7, 11) is 0. The average Bonchev–Trinajstić information content (AvgIpc) is 2.04. The van der Waals surface area contributed by atoms with Crippen molar-refractivity contribution in [2.45, 2.75) is 6.54 Å². The molecule has 0 aromatic heterocycles. The molecule has 55 valence electrons. The largest absolute Gasteiger partial charge is 0.334 e. The molecule has 3 heteroatoms. The Kier molecular flexibility index (Phi) is 1.28. The van der Waals surface area contributed by atoms with Crippen LogP contribution in [-0.2, 0) is 6.54 Å². The van der Waals surface area contributed by atoms with Crippen molar-refractivity contribution >= 4 is 11.7 Å². The zero-order chi connectivity index (χ0) is 7.68. The number of carbonyl (C=O) groups is 1. The highest BCUT2D eigenvalue weighted by atomic mass is 16.2. The zero-order valence-corrected chi connectivity index (χ0v) is 5.85. The molecule has 1 aromatic rings. The Bertz CT molecular complexity index is 296. The first-order chi connectivity index (χ1) is 5.36. The minimum atomic E-state index is -0.142. The van der Waals surface area contributed by atoms with Gasteiger partial charge in [0.1, 0.15) is 0 Å². The highest BCUT2D eigenvalue weighted by Crippen LogP contribution is 2.16. The van der Waals surface area contributed by atoms with Gasteiger partial charge in [-0.25, -0.2) is 4.79 Å². The van der Waals surface area contributed by atoms with E-state index in [1.165, 1.54) is 0 Å². The first-order valence-corrected chi connectivity index (χ1v) is 3.40. The van der Waals surface area contributed by atoms with Crippen LogP contribution in [0.4, 0.5) is 10.5 Å². The molecule has 0 fully saturated rings. The van der Waals surface area contributed by atoms with Gasteiger partial charge in [-0.1, -0.05) is 12.1 Å². The van der Waals surface area contributed by atoms with E-state index >= 15 is 0 Å². The van der Waals surface area contributed by atoms with E-state index in [2.05, 4.69) is 16.7 Å². The second-order valence-electron chi connectivity index (χ2n) is 2.39. The van der Waals surface area contributed by atoms with E-state index in [9.17, 15) is 4.79 Å². The van der Waals surface area contributed by atoms with Gasteiger partial charge in [-0.2, -0.15) is 0 Å². The lowest BCUT2D eigenvalue weighted by molar-refractivity contribution is 0.251. The van der Waals surface area contributed by atoms with Crippen molar-refractivity contribution in [1.29, 1.82) is 0 Å². The maximum Gasteiger partial charge on any atom is 0.319 e. The number of benzene rings is 1. The normalized spacial score (nSPS) is 14.7. The number of amides is 2. The minimum Gasteiger partial charge on any atom is -0.334 e. The molecule has 1 aliphatic rings. The summed E-state index contributed by atoms with van der Waals surface area (Å²) in [5.41, 5.74) is 1.96. The molecule has 1 radical (unpaired) electrons. The molecule has 0 atom stereocenters. The standard InChI is InChI=1S/C8H7N2O/c11-8-9-5-6-3-1-2-4-7(6)10-8/h1,3-4H,5H2,(H2,9,10,11). The highest BCUT2D eigenvalue weighted by Gasteiger charge is 2.11. The number of rotatable bonds is 0. The number of nitrogens with one attached hydrogen (secondary N) is 2. The van der Waals surface area contributed by atoms with Gasteiger partial charge >= 0.3 is 6.03 Å². The van der Waals surface area contributed by atoms with E-state index in [0.29, 0.717) is 6.54 Å². The molecule has 2 amide bonds. The van der Waals surface area contributed by atoms with Crippen molar-refractivity contribution in [2.24, 2.45) is 0 Å².